The van der Waals surface area contributed by atoms with Crippen molar-refractivity contribution in [2.75, 3.05) is 31.1 Å². The first kappa shape index (κ1) is 19.9. The van der Waals surface area contributed by atoms with E-state index in [1.54, 1.807) is 25.7 Å². The molecular weight excluding hydrogens is 347 g/mol. The van der Waals surface area contributed by atoms with E-state index >= 15 is 0 Å². The molecule has 0 aromatic heterocycles. The first-order valence-corrected chi connectivity index (χ1v) is 8.35. The fourth-order valence-electron chi connectivity index (χ4n) is 2.75. The van der Waals surface area contributed by atoms with E-state index in [9.17, 15) is 23.2 Å². The lowest BCUT2D eigenvalue weighted by molar-refractivity contribution is -0.137. The molecular formula is C18H22F3N3O2. The average molecular weight is 369 g/mol. The zero-order valence-corrected chi connectivity index (χ0v) is 15.1. The monoisotopic (exact) mass is 369 g/mol. The van der Waals surface area contributed by atoms with Crippen molar-refractivity contribution < 1.29 is 22.7 Å². The molecule has 0 N–H and O–H groups in total. The molecule has 1 aliphatic rings. The minimum absolute atomic E-state index is 0.0226. The third-order valence-electron chi connectivity index (χ3n) is 3.93. The van der Waals surface area contributed by atoms with E-state index < -0.39 is 23.4 Å². The lowest BCUT2D eigenvalue weighted by Gasteiger charge is -2.27. The highest BCUT2D eigenvalue weighted by atomic mass is 19.4. The predicted molar refractivity (Wildman–Crippen MR) is 90.8 cm³/mol. The number of hydrogen-bond donors (Lipinski definition) is 0. The van der Waals surface area contributed by atoms with Gasteiger partial charge < -0.3 is 14.5 Å². The second-order valence-electron chi connectivity index (χ2n) is 7.15. The molecule has 0 atom stereocenters. The van der Waals surface area contributed by atoms with Gasteiger partial charge in [-0.05, 0) is 45.4 Å². The largest absolute Gasteiger partial charge is 0.444 e. The standard InChI is InChI=1S/C18H22F3N3O2/c1-17(2,3)26-16(25)24-8-4-7-23(9-10-24)15-6-5-14(18(19,20)21)11-13(15)12-22/h5-6,11H,4,7-10H2,1-3H3. The van der Waals surface area contributed by atoms with Gasteiger partial charge in [0.15, 0.2) is 0 Å². The van der Waals surface area contributed by atoms with E-state index in [1.165, 1.54) is 6.07 Å². The second kappa shape index (κ2) is 7.44. The van der Waals surface area contributed by atoms with Crippen LogP contribution in [0.1, 0.15) is 38.3 Å². The molecule has 2 rings (SSSR count). The van der Waals surface area contributed by atoms with Crippen molar-refractivity contribution in [2.24, 2.45) is 0 Å². The van der Waals surface area contributed by atoms with Gasteiger partial charge in [0, 0.05) is 26.2 Å². The predicted octanol–water partition coefficient (Wildman–Crippen LogP) is 4.02. The Kier molecular flexibility index (Phi) is 5.69. The molecule has 0 aliphatic carbocycles. The van der Waals surface area contributed by atoms with Crippen molar-refractivity contribution in [3.05, 3.63) is 29.3 Å². The van der Waals surface area contributed by atoms with Gasteiger partial charge in [0.1, 0.15) is 11.7 Å². The summed E-state index contributed by atoms with van der Waals surface area (Å²) in [7, 11) is 0. The van der Waals surface area contributed by atoms with Crippen LogP contribution in [0.2, 0.25) is 0 Å². The van der Waals surface area contributed by atoms with Crippen LogP contribution >= 0.6 is 0 Å². The van der Waals surface area contributed by atoms with E-state index in [0.717, 1.165) is 12.1 Å². The summed E-state index contributed by atoms with van der Waals surface area (Å²) < 4.78 is 43.9. The van der Waals surface area contributed by atoms with Crippen LogP contribution in [0.25, 0.3) is 0 Å². The fourth-order valence-corrected chi connectivity index (χ4v) is 2.75. The SMILES string of the molecule is CC(C)(C)OC(=O)N1CCCN(c2ccc(C(F)(F)F)cc2C#N)CC1. The summed E-state index contributed by atoms with van der Waals surface area (Å²) in [4.78, 5) is 15.6. The molecule has 1 aromatic rings. The maximum Gasteiger partial charge on any atom is 0.416 e. The Morgan fingerprint density at radius 3 is 2.42 bits per heavy atom. The summed E-state index contributed by atoms with van der Waals surface area (Å²) in [6.45, 7) is 7.19. The molecule has 1 heterocycles. The number of nitriles is 1. The number of nitrogens with zero attached hydrogens (tertiary/aromatic N) is 3. The summed E-state index contributed by atoms with van der Waals surface area (Å²) in [6, 6.07) is 5.01. The Bertz CT molecular complexity index is 705. The number of alkyl halides is 3. The Balaban J connectivity index is 2.14. The molecule has 0 radical (unpaired) electrons. The highest BCUT2D eigenvalue weighted by Crippen LogP contribution is 2.33. The Morgan fingerprint density at radius 1 is 1.15 bits per heavy atom. The van der Waals surface area contributed by atoms with Gasteiger partial charge in [0.05, 0.1) is 16.8 Å². The van der Waals surface area contributed by atoms with E-state index in [2.05, 4.69) is 0 Å². The van der Waals surface area contributed by atoms with E-state index in [0.29, 0.717) is 38.3 Å². The van der Waals surface area contributed by atoms with Crippen molar-refractivity contribution >= 4 is 11.8 Å². The van der Waals surface area contributed by atoms with Gasteiger partial charge in [-0.2, -0.15) is 18.4 Å². The molecule has 1 saturated heterocycles. The minimum Gasteiger partial charge on any atom is -0.444 e. The zero-order chi connectivity index (χ0) is 19.5. The Morgan fingerprint density at radius 2 is 1.85 bits per heavy atom. The summed E-state index contributed by atoms with van der Waals surface area (Å²) in [6.07, 6.45) is -4.27. The van der Waals surface area contributed by atoms with Crippen molar-refractivity contribution in [1.82, 2.24) is 4.90 Å². The lowest BCUT2D eigenvalue weighted by Crippen LogP contribution is -2.39. The first-order chi connectivity index (χ1) is 12.0. The molecule has 0 spiro atoms. The van der Waals surface area contributed by atoms with Crippen LogP contribution in [0.3, 0.4) is 0 Å². The van der Waals surface area contributed by atoms with Gasteiger partial charge in [-0.3, -0.25) is 0 Å². The molecule has 1 aromatic carbocycles. The zero-order valence-electron chi connectivity index (χ0n) is 15.1. The topological polar surface area (TPSA) is 56.6 Å². The molecule has 142 valence electrons. The number of ether oxygens (including phenoxy) is 1. The van der Waals surface area contributed by atoms with Gasteiger partial charge >= 0.3 is 12.3 Å². The Hall–Kier alpha value is -2.43. The number of halogens is 3. The first-order valence-electron chi connectivity index (χ1n) is 8.35. The van der Waals surface area contributed by atoms with Crippen LogP contribution in [0.15, 0.2) is 18.2 Å². The number of amides is 1. The van der Waals surface area contributed by atoms with Crippen molar-refractivity contribution in [2.45, 2.75) is 39.0 Å². The van der Waals surface area contributed by atoms with Crippen LogP contribution < -0.4 is 4.90 Å². The van der Waals surface area contributed by atoms with Crippen molar-refractivity contribution in [3.63, 3.8) is 0 Å². The number of hydrogen-bond acceptors (Lipinski definition) is 4. The van der Waals surface area contributed by atoms with Crippen LogP contribution in [-0.4, -0.2) is 42.8 Å². The summed E-state index contributed by atoms with van der Waals surface area (Å²) in [5, 5.41) is 9.25. The van der Waals surface area contributed by atoms with Gasteiger partial charge in [-0.25, -0.2) is 4.79 Å². The van der Waals surface area contributed by atoms with Crippen LogP contribution in [0, 0.1) is 11.3 Å². The normalized spacial score (nSPS) is 16.0. The molecule has 1 aliphatic heterocycles. The summed E-state index contributed by atoms with van der Waals surface area (Å²) >= 11 is 0. The fraction of sp³-hybridized carbons (Fsp3) is 0.556. The summed E-state index contributed by atoms with van der Waals surface area (Å²) in [5.74, 6) is 0. The Labute approximate surface area is 150 Å². The van der Waals surface area contributed by atoms with Gasteiger partial charge in [0.25, 0.3) is 0 Å². The van der Waals surface area contributed by atoms with E-state index in [4.69, 9.17) is 4.74 Å². The van der Waals surface area contributed by atoms with Crippen LogP contribution in [0.4, 0.5) is 23.7 Å². The summed E-state index contributed by atoms with van der Waals surface area (Å²) in [5.41, 5.74) is -1.01. The van der Waals surface area contributed by atoms with Gasteiger partial charge in [-0.1, -0.05) is 0 Å². The molecule has 0 bridgehead atoms. The number of anilines is 1. The van der Waals surface area contributed by atoms with Gasteiger partial charge in [0.2, 0.25) is 0 Å². The smallest absolute Gasteiger partial charge is 0.416 e. The average Bonchev–Trinajstić information content (AvgIpc) is 2.77. The third-order valence-corrected chi connectivity index (χ3v) is 3.93. The molecule has 1 amide bonds. The molecule has 5 nitrogen and oxygen atoms in total. The third kappa shape index (κ3) is 5.04. The second-order valence-corrected chi connectivity index (χ2v) is 7.15. The van der Waals surface area contributed by atoms with Crippen LogP contribution in [0.5, 0.6) is 0 Å². The number of benzene rings is 1. The van der Waals surface area contributed by atoms with Crippen molar-refractivity contribution in [1.29, 1.82) is 5.26 Å². The van der Waals surface area contributed by atoms with Crippen LogP contribution in [-0.2, 0) is 10.9 Å². The van der Waals surface area contributed by atoms with E-state index in [1.807, 2.05) is 11.0 Å². The molecule has 8 heteroatoms. The molecule has 1 fully saturated rings. The highest BCUT2D eigenvalue weighted by molar-refractivity contribution is 5.68. The lowest BCUT2D eigenvalue weighted by atomic mass is 10.1. The molecule has 0 saturated carbocycles. The van der Waals surface area contributed by atoms with Crippen molar-refractivity contribution in [3.8, 4) is 6.07 Å². The highest BCUT2D eigenvalue weighted by Gasteiger charge is 2.32. The molecule has 0 unspecified atom stereocenters. The van der Waals surface area contributed by atoms with E-state index in [-0.39, 0.29) is 5.56 Å². The number of rotatable bonds is 1. The molecule has 26 heavy (non-hydrogen) atoms. The van der Waals surface area contributed by atoms with Gasteiger partial charge in [-0.15, -0.1) is 0 Å². The number of carbonyl (C=O) groups is 1. The maximum absolute atomic E-state index is 12.8. The maximum atomic E-state index is 12.8. The minimum atomic E-state index is -4.49. The number of carbonyl (C=O) groups excluding carboxylic acids is 1. The quantitative estimate of drug-likeness (QED) is 0.750.